The molecule has 1 heterocycles. The number of anilines is 1. The SMILES string of the molecule is COc1ccccc1OCC(=O)NCCCc1ccc(N2CCCCC2)cc1. The fourth-order valence-electron chi connectivity index (χ4n) is 3.48. The second-order valence-corrected chi connectivity index (χ2v) is 7.11. The van der Waals surface area contributed by atoms with Gasteiger partial charge in [0.15, 0.2) is 18.1 Å². The summed E-state index contributed by atoms with van der Waals surface area (Å²) >= 11 is 0. The van der Waals surface area contributed by atoms with Crippen LogP contribution in [0.1, 0.15) is 31.2 Å². The minimum absolute atomic E-state index is 0.00902. The number of ether oxygens (including phenoxy) is 2. The zero-order valence-corrected chi connectivity index (χ0v) is 16.7. The largest absolute Gasteiger partial charge is 0.493 e. The summed E-state index contributed by atoms with van der Waals surface area (Å²) in [5.41, 5.74) is 2.63. The number of para-hydroxylation sites is 2. The number of rotatable bonds is 9. The van der Waals surface area contributed by atoms with Crippen molar-refractivity contribution in [1.82, 2.24) is 5.32 Å². The van der Waals surface area contributed by atoms with E-state index in [0.717, 1.165) is 12.8 Å². The van der Waals surface area contributed by atoms with Gasteiger partial charge in [0.25, 0.3) is 5.91 Å². The Morgan fingerprint density at radius 2 is 1.71 bits per heavy atom. The molecule has 1 N–H and O–H groups in total. The Morgan fingerprint density at radius 1 is 1.00 bits per heavy atom. The number of benzene rings is 2. The number of carbonyl (C=O) groups is 1. The third-order valence-corrected chi connectivity index (χ3v) is 5.05. The molecule has 1 aliphatic heterocycles. The normalized spacial score (nSPS) is 13.8. The Labute approximate surface area is 167 Å². The predicted octanol–water partition coefficient (Wildman–Crippen LogP) is 3.81. The average Bonchev–Trinajstić information content (AvgIpc) is 2.76. The molecule has 1 amide bonds. The fourth-order valence-corrected chi connectivity index (χ4v) is 3.48. The van der Waals surface area contributed by atoms with E-state index in [2.05, 4.69) is 34.5 Å². The van der Waals surface area contributed by atoms with Gasteiger partial charge in [-0.05, 0) is 61.9 Å². The van der Waals surface area contributed by atoms with Crippen molar-refractivity contribution in [3.8, 4) is 11.5 Å². The summed E-state index contributed by atoms with van der Waals surface area (Å²) in [6.07, 6.45) is 5.80. The van der Waals surface area contributed by atoms with Gasteiger partial charge >= 0.3 is 0 Å². The fraction of sp³-hybridized carbons (Fsp3) is 0.435. The Morgan fingerprint density at radius 3 is 2.43 bits per heavy atom. The van der Waals surface area contributed by atoms with E-state index in [-0.39, 0.29) is 12.5 Å². The molecule has 5 heteroatoms. The maximum absolute atomic E-state index is 12.0. The van der Waals surface area contributed by atoms with E-state index >= 15 is 0 Å². The van der Waals surface area contributed by atoms with Crippen molar-refractivity contribution in [2.75, 3.05) is 38.3 Å². The van der Waals surface area contributed by atoms with Crippen molar-refractivity contribution in [3.05, 3.63) is 54.1 Å². The minimum Gasteiger partial charge on any atom is -0.493 e. The number of methoxy groups -OCH3 is 1. The van der Waals surface area contributed by atoms with Gasteiger partial charge in [-0.25, -0.2) is 0 Å². The van der Waals surface area contributed by atoms with Crippen molar-refractivity contribution >= 4 is 11.6 Å². The van der Waals surface area contributed by atoms with Gasteiger partial charge in [-0.15, -0.1) is 0 Å². The van der Waals surface area contributed by atoms with Crippen LogP contribution in [0.2, 0.25) is 0 Å². The van der Waals surface area contributed by atoms with Crippen LogP contribution in [0.15, 0.2) is 48.5 Å². The van der Waals surface area contributed by atoms with Crippen LogP contribution in [0.4, 0.5) is 5.69 Å². The number of amides is 1. The molecular weight excluding hydrogens is 352 g/mol. The minimum atomic E-state index is -0.119. The molecular formula is C23H30N2O3. The molecule has 28 heavy (non-hydrogen) atoms. The molecule has 2 aromatic rings. The van der Waals surface area contributed by atoms with Gasteiger partial charge in [0, 0.05) is 25.3 Å². The lowest BCUT2D eigenvalue weighted by molar-refractivity contribution is -0.123. The molecule has 0 saturated carbocycles. The van der Waals surface area contributed by atoms with Gasteiger partial charge in [0.2, 0.25) is 0 Å². The first-order chi connectivity index (χ1) is 13.8. The van der Waals surface area contributed by atoms with E-state index < -0.39 is 0 Å². The number of nitrogens with one attached hydrogen (secondary N) is 1. The molecule has 0 aliphatic carbocycles. The first-order valence-corrected chi connectivity index (χ1v) is 10.1. The van der Waals surface area contributed by atoms with Crippen LogP contribution < -0.4 is 19.7 Å². The van der Waals surface area contributed by atoms with Gasteiger partial charge in [-0.3, -0.25) is 4.79 Å². The number of hydrogen-bond acceptors (Lipinski definition) is 4. The summed E-state index contributed by atoms with van der Waals surface area (Å²) < 4.78 is 10.7. The Kier molecular flexibility index (Phi) is 7.59. The molecule has 0 unspecified atom stereocenters. The molecule has 1 fully saturated rings. The molecule has 0 spiro atoms. The highest BCUT2D eigenvalue weighted by Crippen LogP contribution is 2.25. The van der Waals surface area contributed by atoms with Crippen LogP contribution in [-0.2, 0) is 11.2 Å². The first kappa shape index (κ1) is 20.1. The van der Waals surface area contributed by atoms with Crippen LogP contribution in [-0.4, -0.2) is 39.3 Å². The van der Waals surface area contributed by atoms with Crippen molar-refractivity contribution < 1.29 is 14.3 Å². The van der Waals surface area contributed by atoms with Crippen molar-refractivity contribution in [3.63, 3.8) is 0 Å². The second-order valence-electron chi connectivity index (χ2n) is 7.11. The third kappa shape index (κ3) is 5.91. The first-order valence-electron chi connectivity index (χ1n) is 10.1. The van der Waals surface area contributed by atoms with E-state index in [1.807, 2.05) is 18.2 Å². The highest BCUT2D eigenvalue weighted by atomic mass is 16.5. The smallest absolute Gasteiger partial charge is 0.257 e. The molecule has 0 bridgehead atoms. The topological polar surface area (TPSA) is 50.8 Å². The lowest BCUT2D eigenvalue weighted by atomic mass is 10.1. The molecule has 5 nitrogen and oxygen atoms in total. The van der Waals surface area contributed by atoms with Crippen LogP contribution in [0.5, 0.6) is 11.5 Å². The molecule has 0 aromatic heterocycles. The number of hydrogen-bond donors (Lipinski definition) is 1. The van der Waals surface area contributed by atoms with Crippen molar-refractivity contribution in [1.29, 1.82) is 0 Å². The third-order valence-electron chi connectivity index (χ3n) is 5.05. The van der Waals surface area contributed by atoms with Crippen LogP contribution >= 0.6 is 0 Å². The van der Waals surface area contributed by atoms with Gasteiger partial charge in [0.05, 0.1) is 7.11 Å². The van der Waals surface area contributed by atoms with Gasteiger partial charge in [-0.2, -0.15) is 0 Å². The molecule has 1 aliphatic rings. The van der Waals surface area contributed by atoms with Crippen molar-refractivity contribution in [2.45, 2.75) is 32.1 Å². The van der Waals surface area contributed by atoms with E-state index in [9.17, 15) is 4.79 Å². The summed E-state index contributed by atoms with van der Waals surface area (Å²) in [7, 11) is 1.58. The molecule has 1 saturated heterocycles. The van der Waals surface area contributed by atoms with Crippen LogP contribution in [0.25, 0.3) is 0 Å². The zero-order chi connectivity index (χ0) is 19.6. The van der Waals surface area contributed by atoms with E-state index in [1.165, 1.54) is 43.6 Å². The summed E-state index contributed by atoms with van der Waals surface area (Å²) in [5.74, 6) is 1.09. The van der Waals surface area contributed by atoms with Gasteiger partial charge in [0.1, 0.15) is 0 Å². The summed E-state index contributed by atoms with van der Waals surface area (Å²) in [6.45, 7) is 2.97. The number of aryl methyl sites for hydroxylation is 1. The summed E-state index contributed by atoms with van der Waals surface area (Å²) in [6, 6.07) is 16.2. The second kappa shape index (κ2) is 10.6. The predicted molar refractivity (Wildman–Crippen MR) is 112 cm³/mol. The van der Waals surface area contributed by atoms with Crippen LogP contribution in [0, 0.1) is 0 Å². The average molecular weight is 383 g/mol. The molecule has 150 valence electrons. The standard InChI is InChI=1S/C23H30N2O3/c1-27-21-9-3-4-10-22(21)28-18-23(26)24-15-7-8-19-11-13-20(14-12-19)25-16-5-2-6-17-25/h3-4,9-14H,2,5-8,15-18H2,1H3,(H,24,26). The molecule has 2 aromatic carbocycles. The quantitative estimate of drug-likeness (QED) is 0.670. The van der Waals surface area contributed by atoms with Crippen LogP contribution in [0.3, 0.4) is 0 Å². The summed E-state index contributed by atoms with van der Waals surface area (Å²) in [4.78, 5) is 14.4. The molecule has 0 radical (unpaired) electrons. The Balaban J connectivity index is 1.34. The van der Waals surface area contributed by atoms with Gasteiger partial charge in [-0.1, -0.05) is 24.3 Å². The maximum Gasteiger partial charge on any atom is 0.257 e. The Bertz CT molecular complexity index is 740. The zero-order valence-electron chi connectivity index (χ0n) is 16.7. The van der Waals surface area contributed by atoms with E-state index in [4.69, 9.17) is 9.47 Å². The molecule has 3 rings (SSSR count). The van der Waals surface area contributed by atoms with E-state index in [0.29, 0.717) is 18.0 Å². The monoisotopic (exact) mass is 382 g/mol. The summed E-state index contributed by atoms with van der Waals surface area (Å²) in [5, 5.41) is 2.91. The highest BCUT2D eigenvalue weighted by Gasteiger charge is 2.10. The number of carbonyl (C=O) groups excluding carboxylic acids is 1. The number of piperidine rings is 1. The van der Waals surface area contributed by atoms with Gasteiger partial charge < -0.3 is 19.7 Å². The molecule has 0 atom stereocenters. The number of nitrogens with zero attached hydrogens (tertiary/aromatic N) is 1. The van der Waals surface area contributed by atoms with Crippen molar-refractivity contribution in [2.24, 2.45) is 0 Å². The highest BCUT2D eigenvalue weighted by molar-refractivity contribution is 5.77. The Hall–Kier alpha value is -2.69. The lowest BCUT2D eigenvalue weighted by Crippen LogP contribution is -2.30. The van der Waals surface area contributed by atoms with E-state index in [1.54, 1.807) is 13.2 Å². The maximum atomic E-state index is 12.0. The lowest BCUT2D eigenvalue weighted by Gasteiger charge is -2.28.